The summed E-state index contributed by atoms with van der Waals surface area (Å²) in [5.41, 5.74) is 2.65. The van der Waals surface area contributed by atoms with Crippen molar-refractivity contribution in [1.29, 1.82) is 0 Å². The first kappa shape index (κ1) is 16.0. The molecule has 0 saturated carbocycles. The van der Waals surface area contributed by atoms with Crippen molar-refractivity contribution in [1.82, 2.24) is 4.90 Å². The summed E-state index contributed by atoms with van der Waals surface area (Å²) in [5.74, 6) is 0. The third kappa shape index (κ3) is 4.28. The Morgan fingerprint density at radius 2 is 2.24 bits per heavy atom. The number of urea groups is 1. The van der Waals surface area contributed by atoms with Gasteiger partial charge in [0.25, 0.3) is 6.43 Å². The Morgan fingerprint density at radius 1 is 1.48 bits per heavy atom. The Balaban J connectivity index is 1.95. The van der Waals surface area contributed by atoms with E-state index in [9.17, 15) is 13.6 Å². The predicted molar refractivity (Wildman–Crippen MR) is 77.0 cm³/mol. The minimum atomic E-state index is -2.46. The van der Waals surface area contributed by atoms with Gasteiger partial charge in [0.05, 0.1) is 5.38 Å². The van der Waals surface area contributed by atoms with Crippen LogP contribution in [0.5, 0.6) is 0 Å². The van der Waals surface area contributed by atoms with Crippen molar-refractivity contribution in [3.8, 4) is 0 Å². The van der Waals surface area contributed by atoms with Gasteiger partial charge in [0.15, 0.2) is 0 Å². The molecule has 1 N–H and O–H groups in total. The van der Waals surface area contributed by atoms with Gasteiger partial charge in [-0.1, -0.05) is 12.1 Å². The molecule has 1 atom stereocenters. The van der Waals surface area contributed by atoms with E-state index in [2.05, 4.69) is 5.32 Å². The third-order valence-electron chi connectivity index (χ3n) is 3.25. The number of ether oxygens (including phenoxy) is 1. The SMILES string of the molecule is CN1Cc2cc(C(Cl)CCOCC(F)F)ccc2NC1=O. The number of rotatable bonds is 6. The van der Waals surface area contributed by atoms with Crippen LogP contribution in [0.3, 0.4) is 0 Å². The fourth-order valence-electron chi connectivity index (χ4n) is 2.13. The summed E-state index contributed by atoms with van der Waals surface area (Å²) < 4.78 is 28.7. The minimum absolute atomic E-state index is 0.141. The number of hydrogen-bond donors (Lipinski definition) is 1. The standard InChI is InChI=1S/C14H17ClF2N2O2/c1-19-7-10-6-9(2-3-12(10)18-14(19)20)11(15)4-5-21-8-13(16)17/h2-3,6,11,13H,4-5,7-8H2,1H3,(H,18,20). The lowest BCUT2D eigenvalue weighted by Gasteiger charge is -2.26. The van der Waals surface area contributed by atoms with Crippen LogP contribution in [0.15, 0.2) is 18.2 Å². The second kappa shape index (κ2) is 7.04. The minimum Gasteiger partial charge on any atom is -0.375 e. The molecule has 4 nitrogen and oxygen atoms in total. The van der Waals surface area contributed by atoms with Crippen LogP contribution in [0.4, 0.5) is 19.3 Å². The summed E-state index contributed by atoms with van der Waals surface area (Å²) in [4.78, 5) is 13.1. The molecule has 0 aromatic heterocycles. The summed E-state index contributed by atoms with van der Waals surface area (Å²) in [6.45, 7) is 0.136. The second-order valence-corrected chi connectivity index (χ2v) is 5.45. The average Bonchev–Trinajstić information content (AvgIpc) is 2.44. The van der Waals surface area contributed by atoms with Crippen molar-refractivity contribution in [2.24, 2.45) is 0 Å². The van der Waals surface area contributed by atoms with Crippen LogP contribution in [0.25, 0.3) is 0 Å². The molecule has 1 aliphatic heterocycles. The number of amides is 2. The van der Waals surface area contributed by atoms with Gasteiger partial charge in [-0.15, -0.1) is 11.6 Å². The van der Waals surface area contributed by atoms with Crippen molar-refractivity contribution in [3.05, 3.63) is 29.3 Å². The first-order valence-corrected chi connectivity index (χ1v) is 7.06. The van der Waals surface area contributed by atoms with E-state index in [0.717, 1.165) is 16.8 Å². The lowest BCUT2D eigenvalue weighted by atomic mass is 10.0. The number of alkyl halides is 3. The Labute approximate surface area is 127 Å². The Kier molecular flexibility index (Phi) is 5.36. The van der Waals surface area contributed by atoms with Gasteiger partial charge in [0.1, 0.15) is 6.61 Å². The van der Waals surface area contributed by atoms with E-state index in [4.69, 9.17) is 16.3 Å². The van der Waals surface area contributed by atoms with Gasteiger partial charge >= 0.3 is 6.03 Å². The first-order valence-electron chi connectivity index (χ1n) is 6.62. The molecule has 0 aliphatic carbocycles. The molecule has 0 spiro atoms. The molecule has 0 saturated heterocycles. The number of carbonyl (C=O) groups is 1. The second-order valence-electron chi connectivity index (χ2n) is 4.93. The molecular weight excluding hydrogens is 302 g/mol. The van der Waals surface area contributed by atoms with Gasteiger partial charge in [0.2, 0.25) is 0 Å². The molecule has 21 heavy (non-hydrogen) atoms. The zero-order valence-corrected chi connectivity index (χ0v) is 12.4. The number of nitrogens with zero attached hydrogens (tertiary/aromatic N) is 1. The van der Waals surface area contributed by atoms with Crippen LogP contribution in [0.1, 0.15) is 22.9 Å². The van der Waals surface area contributed by atoms with E-state index in [-0.39, 0.29) is 18.0 Å². The van der Waals surface area contributed by atoms with Crippen LogP contribution in [-0.2, 0) is 11.3 Å². The highest BCUT2D eigenvalue weighted by Crippen LogP contribution is 2.30. The van der Waals surface area contributed by atoms with Crippen molar-refractivity contribution in [2.75, 3.05) is 25.6 Å². The predicted octanol–water partition coefficient (Wildman–Crippen LogP) is 3.62. The molecule has 1 aliphatic rings. The topological polar surface area (TPSA) is 41.6 Å². The summed E-state index contributed by atoms with van der Waals surface area (Å²) in [7, 11) is 1.71. The van der Waals surface area contributed by atoms with Crippen LogP contribution in [0.2, 0.25) is 0 Å². The summed E-state index contributed by atoms with van der Waals surface area (Å²) in [5, 5.41) is 2.47. The van der Waals surface area contributed by atoms with Gasteiger partial charge in [-0.25, -0.2) is 13.6 Å². The first-order chi connectivity index (χ1) is 9.97. The zero-order valence-electron chi connectivity index (χ0n) is 11.6. The molecule has 0 radical (unpaired) electrons. The lowest BCUT2D eigenvalue weighted by molar-refractivity contribution is 0.0165. The van der Waals surface area contributed by atoms with Crippen molar-refractivity contribution >= 4 is 23.3 Å². The summed E-state index contributed by atoms with van der Waals surface area (Å²) in [6, 6.07) is 5.43. The zero-order chi connectivity index (χ0) is 15.4. The molecule has 1 unspecified atom stereocenters. The van der Waals surface area contributed by atoms with Crippen LogP contribution in [-0.4, -0.2) is 37.6 Å². The molecule has 7 heteroatoms. The van der Waals surface area contributed by atoms with E-state index in [1.165, 1.54) is 0 Å². The van der Waals surface area contributed by atoms with E-state index in [0.29, 0.717) is 13.0 Å². The monoisotopic (exact) mass is 318 g/mol. The molecular formula is C14H17ClF2N2O2. The van der Waals surface area contributed by atoms with Gasteiger partial charge in [-0.3, -0.25) is 0 Å². The number of halogens is 3. The fourth-order valence-corrected chi connectivity index (χ4v) is 2.35. The quantitative estimate of drug-likeness (QED) is 0.643. The molecule has 116 valence electrons. The smallest absolute Gasteiger partial charge is 0.321 e. The third-order valence-corrected chi connectivity index (χ3v) is 3.72. The largest absolute Gasteiger partial charge is 0.375 e. The number of carbonyl (C=O) groups excluding carboxylic acids is 1. The number of nitrogens with one attached hydrogen (secondary N) is 1. The van der Waals surface area contributed by atoms with Crippen molar-refractivity contribution in [3.63, 3.8) is 0 Å². The highest BCUT2D eigenvalue weighted by molar-refractivity contribution is 6.20. The lowest BCUT2D eigenvalue weighted by Crippen LogP contribution is -2.35. The van der Waals surface area contributed by atoms with Gasteiger partial charge in [-0.2, -0.15) is 0 Å². The van der Waals surface area contributed by atoms with Gasteiger partial charge in [-0.05, 0) is 23.6 Å². The molecule has 1 heterocycles. The number of hydrogen-bond acceptors (Lipinski definition) is 2. The Morgan fingerprint density at radius 3 is 2.95 bits per heavy atom. The Bertz CT molecular complexity index is 514. The molecule has 0 fully saturated rings. The highest BCUT2D eigenvalue weighted by atomic mass is 35.5. The molecule has 0 bridgehead atoms. The molecule has 1 aromatic rings. The fraction of sp³-hybridized carbons (Fsp3) is 0.500. The highest BCUT2D eigenvalue weighted by Gasteiger charge is 2.20. The van der Waals surface area contributed by atoms with Crippen molar-refractivity contribution in [2.45, 2.75) is 24.8 Å². The number of benzene rings is 1. The maximum atomic E-state index is 11.9. The van der Waals surface area contributed by atoms with E-state index in [1.54, 1.807) is 11.9 Å². The van der Waals surface area contributed by atoms with E-state index >= 15 is 0 Å². The van der Waals surface area contributed by atoms with Gasteiger partial charge in [0, 0.05) is 25.9 Å². The average molecular weight is 319 g/mol. The number of anilines is 1. The van der Waals surface area contributed by atoms with Crippen LogP contribution < -0.4 is 5.32 Å². The normalized spacial score (nSPS) is 15.9. The molecule has 2 amide bonds. The van der Waals surface area contributed by atoms with Crippen LogP contribution >= 0.6 is 11.6 Å². The maximum absolute atomic E-state index is 11.9. The van der Waals surface area contributed by atoms with E-state index < -0.39 is 13.0 Å². The van der Waals surface area contributed by atoms with Crippen LogP contribution in [0, 0.1) is 0 Å². The molecule has 1 aromatic carbocycles. The maximum Gasteiger partial charge on any atom is 0.321 e. The van der Waals surface area contributed by atoms with Gasteiger partial charge < -0.3 is 15.0 Å². The Hall–Kier alpha value is -1.40. The summed E-state index contributed by atoms with van der Waals surface area (Å²) in [6.07, 6.45) is -2.00. The number of fused-ring (bicyclic) bond motifs is 1. The summed E-state index contributed by atoms with van der Waals surface area (Å²) >= 11 is 6.26. The van der Waals surface area contributed by atoms with Crippen molar-refractivity contribution < 1.29 is 18.3 Å². The molecule has 2 rings (SSSR count). The van der Waals surface area contributed by atoms with E-state index in [1.807, 2.05) is 18.2 Å².